The molecule has 0 aliphatic carbocycles. The van der Waals surface area contributed by atoms with Crippen molar-refractivity contribution in [1.82, 2.24) is 19.8 Å². The topological polar surface area (TPSA) is 113 Å². The van der Waals surface area contributed by atoms with Gasteiger partial charge in [0.15, 0.2) is 0 Å². The third-order valence-corrected chi connectivity index (χ3v) is 1.72. The Balaban J connectivity index is -0.000000123. The van der Waals surface area contributed by atoms with E-state index in [1.54, 1.807) is 28.2 Å². The van der Waals surface area contributed by atoms with Gasteiger partial charge in [-0.25, -0.2) is 0 Å². The van der Waals surface area contributed by atoms with Gasteiger partial charge in [-0.1, -0.05) is 24.3 Å². The zero-order valence-electron chi connectivity index (χ0n) is 16.2. The molecule has 132 valence electrons. The number of hydrogen-bond acceptors (Lipinski definition) is 6. The van der Waals surface area contributed by atoms with Crippen molar-refractivity contribution >= 4 is 12.8 Å². The minimum Gasteiger partial charge on any atom is -0.872 e. The molecule has 0 fully saturated rings. The van der Waals surface area contributed by atoms with Gasteiger partial charge in [-0.2, -0.15) is 0 Å². The number of nitrogens with zero attached hydrogens (tertiary/aromatic N) is 4. The monoisotopic (exact) mass is 348 g/mol. The third-order valence-electron chi connectivity index (χ3n) is 1.72. The van der Waals surface area contributed by atoms with E-state index in [1.165, 1.54) is 58.9 Å². The fourth-order valence-electron chi connectivity index (χ4n) is 0.676. The van der Waals surface area contributed by atoms with Gasteiger partial charge in [0.1, 0.15) is 0 Å². The average Bonchev–Trinajstić information content (AvgIpc) is 2.58. The largest absolute Gasteiger partial charge is 1.00 e. The van der Waals surface area contributed by atoms with Crippen LogP contribution >= 0.6 is 0 Å². The Bertz CT molecular complexity index is 483. The van der Waals surface area contributed by atoms with Crippen LogP contribution in [0, 0.1) is 0 Å². The summed E-state index contributed by atoms with van der Waals surface area (Å²) in [6.07, 6.45) is 7.40. The molecule has 26 heavy (non-hydrogen) atoms. The molecule has 2 rings (SSSR count). The summed E-state index contributed by atoms with van der Waals surface area (Å²) in [6, 6.07) is 5.67. The summed E-state index contributed by atoms with van der Waals surface area (Å²) >= 11 is 0. The van der Waals surface area contributed by atoms with E-state index >= 15 is 0 Å². The Morgan fingerprint density at radius 1 is 0.692 bits per heavy atom. The first-order valence-electron chi connectivity index (χ1n) is 6.71. The molecule has 0 bridgehead atoms. The minimum absolute atomic E-state index is 0. The molecule has 0 saturated heterocycles. The molecule has 2 aromatic heterocycles. The Hall–Kier alpha value is -1.97. The number of carbonyl (C=O) groups is 2. The van der Waals surface area contributed by atoms with Crippen LogP contribution in [0.1, 0.15) is 0 Å². The molecule has 0 spiro atoms. The first-order chi connectivity index (χ1) is 11.3. The Kier molecular flexibility index (Phi) is 28.1. The Morgan fingerprint density at radius 2 is 0.885 bits per heavy atom. The molecule has 0 atom stereocenters. The molecule has 0 N–H and O–H groups in total. The fourth-order valence-corrected chi connectivity index (χ4v) is 0.676. The zero-order chi connectivity index (χ0) is 18.8. The van der Waals surface area contributed by atoms with Crippen LogP contribution in [0.4, 0.5) is 0 Å². The van der Waals surface area contributed by atoms with E-state index in [1.807, 2.05) is 0 Å². The summed E-state index contributed by atoms with van der Waals surface area (Å²) in [4.78, 5) is 29.0. The summed E-state index contributed by atoms with van der Waals surface area (Å²) < 4.78 is 0. The van der Waals surface area contributed by atoms with Gasteiger partial charge in [0, 0.05) is 53.0 Å². The second kappa shape index (κ2) is 23.0. The van der Waals surface area contributed by atoms with Crippen LogP contribution in [0.15, 0.2) is 49.1 Å². The second-order valence-electron chi connectivity index (χ2n) is 4.50. The summed E-state index contributed by atoms with van der Waals surface area (Å²) in [6.45, 7) is 0. The molecule has 0 unspecified atom stereocenters. The van der Waals surface area contributed by atoms with E-state index < -0.39 is 0 Å². The smallest absolute Gasteiger partial charge is 0.872 e. The van der Waals surface area contributed by atoms with Crippen LogP contribution in [-0.4, -0.2) is 60.8 Å². The second-order valence-corrected chi connectivity index (χ2v) is 4.50. The van der Waals surface area contributed by atoms with Gasteiger partial charge in [-0.3, -0.25) is 19.6 Å². The third kappa shape index (κ3) is 30.0. The molecule has 2 aromatic rings. The fraction of sp³-hybridized carbons (Fsp3) is 0.250. The molecule has 0 aliphatic rings. The van der Waals surface area contributed by atoms with E-state index in [0.29, 0.717) is 0 Å². The summed E-state index contributed by atoms with van der Waals surface area (Å²) in [5.41, 5.74) is 0. The number of amides is 2. The number of hydrogen-bond donors (Lipinski definition) is 0. The predicted octanol–water partition coefficient (Wildman–Crippen LogP) is -6.27. The van der Waals surface area contributed by atoms with Crippen molar-refractivity contribution in [2.45, 2.75) is 0 Å². The Morgan fingerprint density at radius 3 is 0.962 bits per heavy atom. The maximum Gasteiger partial charge on any atom is 1.00 e. The van der Waals surface area contributed by atoms with Crippen molar-refractivity contribution in [1.29, 1.82) is 0 Å². The molecular weight excluding hydrogens is 326 g/mol. The van der Waals surface area contributed by atoms with Crippen molar-refractivity contribution in [2.75, 3.05) is 28.2 Å². The minimum atomic E-state index is 0. The van der Waals surface area contributed by atoms with Gasteiger partial charge in [-0.05, 0) is 0 Å². The maximum atomic E-state index is 10.2. The van der Waals surface area contributed by atoms with Crippen molar-refractivity contribution in [2.24, 2.45) is 0 Å². The standard InChI is InChI=1S/2C5H5NO.2C3H7NO.2Li/c2*7-5-1-3-6-4-2-5;2*1-4(2)3-5;;/h2*1-4H,(H,6,7);2*3H,1-2H3;;/q;;;;2*+1/p-2. The average molecular weight is 348 g/mol. The molecule has 0 aliphatic heterocycles. The van der Waals surface area contributed by atoms with E-state index in [-0.39, 0.29) is 49.2 Å². The molecular formula is C16H22Li2N4O4. The van der Waals surface area contributed by atoms with E-state index in [4.69, 9.17) is 0 Å². The van der Waals surface area contributed by atoms with Gasteiger partial charge in [0.2, 0.25) is 12.8 Å². The molecule has 10 heteroatoms. The van der Waals surface area contributed by atoms with Crippen LogP contribution in [0.5, 0.6) is 11.5 Å². The molecule has 8 nitrogen and oxygen atoms in total. The molecule has 0 radical (unpaired) electrons. The Labute approximate surface area is 178 Å². The number of rotatable bonds is 2. The van der Waals surface area contributed by atoms with Crippen LogP contribution in [0.25, 0.3) is 0 Å². The quantitative estimate of drug-likeness (QED) is 0.394. The van der Waals surface area contributed by atoms with Gasteiger partial charge < -0.3 is 20.0 Å². The van der Waals surface area contributed by atoms with Crippen LogP contribution in [0.3, 0.4) is 0 Å². The van der Waals surface area contributed by atoms with Gasteiger partial charge in [0.25, 0.3) is 0 Å². The van der Waals surface area contributed by atoms with Crippen molar-refractivity contribution in [3.8, 4) is 11.5 Å². The van der Waals surface area contributed by atoms with E-state index in [2.05, 4.69) is 9.97 Å². The summed E-state index contributed by atoms with van der Waals surface area (Å²) in [5.74, 6) is 0.0185. The first-order valence-corrected chi connectivity index (χ1v) is 6.71. The molecule has 2 amide bonds. The summed E-state index contributed by atoms with van der Waals surface area (Å²) in [7, 11) is 6.75. The molecule has 2 heterocycles. The van der Waals surface area contributed by atoms with Crippen LogP contribution < -0.4 is 47.9 Å². The SMILES string of the molecule is CN(C)C=O.CN(C)C=O.[Li+].[Li+].[O-]c1ccncc1.[O-]c1ccncc1. The van der Waals surface area contributed by atoms with Crippen LogP contribution in [-0.2, 0) is 9.59 Å². The molecule has 0 aromatic carbocycles. The van der Waals surface area contributed by atoms with Crippen LogP contribution in [0.2, 0.25) is 0 Å². The number of aromatic nitrogens is 2. The van der Waals surface area contributed by atoms with Crippen molar-refractivity contribution < 1.29 is 57.5 Å². The van der Waals surface area contributed by atoms with Gasteiger partial charge in [-0.15, -0.1) is 11.5 Å². The number of carbonyl (C=O) groups excluding carboxylic acids is 2. The maximum absolute atomic E-state index is 10.2. The first kappa shape index (κ1) is 31.8. The van der Waals surface area contributed by atoms with Crippen molar-refractivity contribution in [3.05, 3.63) is 49.1 Å². The molecule has 0 saturated carbocycles. The predicted molar refractivity (Wildman–Crippen MR) is 86.9 cm³/mol. The van der Waals surface area contributed by atoms with Gasteiger partial charge in [0.05, 0.1) is 0 Å². The van der Waals surface area contributed by atoms with E-state index in [9.17, 15) is 19.8 Å². The number of pyridine rings is 2. The van der Waals surface area contributed by atoms with E-state index in [0.717, 1.165) is 12.8 Å². The zero-order valence-corrected chi connectivity index (χ0v) is 16.2. The van der Waals surface area contributed by atoms with Crippen molar-refractivity contribution in [3.63, 3.8) is 0 Å². The normalized spacial score (nSPS) is 7.23. The van der Waals surface area contributed by atoms with Gasteiger partial charge >= 0.3 is 37.7 Å². The summed E-state index contributed by atoms with van der Waals surface area (Å²) in [5, 5.41) is 20.5.